The third-order valence-corrected chi connectivity index (χ3v) is 4.68. The molecule has 0 saturated carbocycles. The van der Waals surface area contributed by atoms with Gasteiger partial charge in [-0.1, -0.05) is 18.2 Å². The van der Waals surface area contributed by atoms with Gasteiger partial charge in [-0.15, -0.1) is 10.2 Å². The van der Waals surface area contributed by atoms with E-state index in [1.54, 1.807) is 42.9 Å². The van der Waals surface area contributed by atoms with E-state index < -0.39 is 11.6 Å². The molecule has 0 fully saturated rings. The van der Waals surface area contributed by atoms with Crippen molar-refractivity contribution in [2.45, 2.75) is 6.42 Å². The zero-order valence-electron chi connectivity index (χ0n) is 16.9. The van der Waals surface area contributed by atoms with E-state index in [0.717, 1.165) is 12.1 Å². The Labute approximate surface area is 176 Å². The summed E-state index contributed by atoms with van der Waals surface area (Å²) in [5.41, 5.74) is 2.30. The van der Waals surface area contributed by atoms with Crippen LogP contribution in [-0.4, -0.2) is 51.1 Å². The monoisotopic (exact) mass is 423 g/mol. The fourth-order valence-corrected chi connectivity index (χ4v) is 3.13. The number of rotatable bonds is 6. The second kappa shape index (κ2) is 8.47. The van der Waals surface area contributed by atoms with Crippen molar-refractivity contribution >= 4 is 11.6 Å². The summed E-state index contributed by atoms with van der Waals surface area (Å²) >= 11 is 0. The summed E-state index contributed by atoms with van der Waals surface area (Å²) in [5, 5.41) is 8.37. The predicted molar refractivity (Wildman–Crippen MR) is 110 cm³/mol. The molecule has 0 aliphatic rings. The molecule has 0 bridgehead atoms. The summed E-state index contributed by atoms with van der Waals surface area (Å²) in [7, 11) is 3.37. The smallest absolute Gasteiger partial charge is 0.253 e. The topological polar surface area (TPSA) is 72.6 Å². The highest BCUT2D eigenvalue weighted by Gasteiger charge is 2.15. The fraction of sp³-hybridized carbons (Fsp3) is 0.182. The molecular weight excluding hydrogens is 404 g/mol. The molecule has 0 atom stereocenters. The van der Waals surface area contributed by atoms with E-state index in [2.05, 4.69) is 15.2 Å². The van der Waals surface area contributed by atoms with Crippen LogP contribution in [0.3, 0.4) is 0 Å². The van der Waals surface area contributed by atoms with Gasteiger partial charge in [0.2, 0.25) is 5.88 Å². The van der Waals surface area contributed by atoms with E-state index in [1.165, 1.54) is 17.2 Å². The lowest BCUT2D eigenvalue weighted by Crippen LogP contribution is -2.21. The molecule has 7 nitrogen and oxygen atoms in total. The van der Waals surface area contributed by atoms with Gasteiger partial charge in [0.15, 0.2) is 23.1 Å². The fourth-order valence-electron chi connectivity index (χ4n) is 3.13. The van der Waals surface area contributed by atoms with Crippen molar-refractivity contribution in [3.05, 3.63) is 77.6 Å². The number of halogens is 2. The Kier molecular flexibility index (Phi) is 5.57. The highest BCUT2D eigenvalue weighted by molar-refractivity contribution is 5.95. The van der Waals surface area contributed by atoms with Crippen LogP contribution in [0.4, 0.5) is 8.78 Å². The third kappa shape index (κ3) is 4.20. The molecule has 9 heteroatoms. The standard InChI is InChI=1S/C22H19F2N5O2/c1-28(2)22(30)16-5-3-4-15(11-16)21-27-26-19-12-25-13-20(29(19)21)31-9-8-14-6-7-17(23)18(24)10-14/h3-7,10-13H,8-9H2,1-2H3. The second-order valence-electron chi connectivity index (χ2n) is 7.09. The molecule has 0 unspecified atom stereocenters. The Balaban J connectivity index is 1.61. The van der Waals surface area contributed by atoms with Crippen molar-refractivity contribution < 1.29 is 18.3 Å². The molecule has 0 aliphatic heterocycles. The molecular formula is C22H19F2N5O2. The number of amides is 1. The van der Waals surface area contributed by atoms with Gasteiger partial charge in [-0.25, -0.2) is 13.2 Å². The number of carbonyl (C=O) groups is 1. The summed E-state index contributed by atoms with van der Waals surface area (Å²) in [6.07, 6.45) is 3.45. The summed E-state index contributed by atoms with van der Waals surface area (Å²) in [6.45, 7) is 0.211. The molecule has 0 spiro atoms. The Morgan fingerprint density at radius 2 is 1.90 bits per heavy atom. The number of carbonyl (C=O) groups excluding carboxylic acids is 1. The summed E-state index contributed by atoms with van der Waals surface area (Å²) in [4.78, 5) is 17.9. The van der Waals surface area contributed by atoms with Gasteiger partial charge < -0.3 is 9.64 Å². The van der Waals surface area contributed by atoms with Gasteiger partial charge in [0.1, 0.15) is 0 Å². The van der Waals surface area contributed by atoms with Crippen LogP contribution in [0.15, 0.2) is 54.9 Å². The van der Waals surface area contributed by atoms with Crippen LogP contribution in [0.25, 0.3) is 17.0 Å². The van der Waals surface area contributed by atoms with Crippen molar-refractivity contribution in [1.82, 2.24) is 24.5 Å². The lowest BCUT2D eigenvalue weighted by molar-refractivity contribution is 0.0827. The highest BCUT2D eigenvalue weighted by Crippen LogP contribution is 2.24. The number of fused-ring (bicyclic) bond motifs is 1. The molecule has 31 heavy (non-hydrogen) atoms. The summed E-state index contributed by atoms with van der Waals surface area (Å²) in [5.74, 6) is -1.02. The van der Waals surface area contributed by atoms with Crippen molar-refractivity contribution in [3.63, 3.8) is 0 Å². The van der Waals surface area contributed by atoms with Gasteiger partial charge in [-0.2, -0.15) is 0 Å². The van der Waals surface area contributed by atoms with Gasteiger partial charge in [-0.05, 0) is 29.8 Å². The number of ether oxygens (including phenoxy) is 1. The minimum absolute atomic E-state index is 0.125. The van der Waals surface area contributed by atoms with Gasteiger partial charge in [0.05, 0.1) is 19.0 Å². The first-order chi connectivity index (χ1) is 14.9. The summed E-state index contributed by atoms with van der Waals surface area (Å²) < 4.78 is 34.1. The molecule has 158 valence electrons. The molecule has 4 rings (SSSR count). The van der Waals surface area contributed by atoms with Gasteiger partial charge in [0, 0.05) is 31.6 Å². The van der Waals surface area contributed by atoms with E-state index in [-0.39, 0.29) is 12.5 Å². The second-order valence-corrected chi connectivity index (χ2v) is 7.09. The van der Waals surface area contributed by atoms with Crippen molar-refractivity contribution in [3.8, 4) is 17.3 Å². The van der Waals surface area contributed by atoms with Crippen LogP contribution in [0.5, 0.6) is 5.88 Å². The Hall–Kier alpha value is -3.88. The lowest BCUT2D eigenvalue weighted by atomic mass is 10.1. The maximum absolute atomic E-state index is 13.4. The Morgan fingerprint density at radius 3 is 2.68 bits per heavy atom. The molecule has 0 aliphatic carbocycles. The number of aromatic nitrogens is 4. The number of nitrogens with zero attached hydrogens (tertiary/aromatic N) is 5. The first-order valence-corrected chi connectivity index (χ1v) is 9.52. The minimum atomic E-state index is -0.894. The van der Waals surface area contributed by atoms with Gasteiger partial charge >= 0.3 is 0 Å². The normalized spacial score (nSPS) is 11.0. The van der Waals surface area contributed by atoms with Crippen LogP contribution in [0, 0.1) is 11.6 Å². The van der Waals surface area contributed by atoms with E-state index in [9.17, 15) is 13.6 Å². The molecule has 2 aromatic heterocycles. The minimum Gasteiger partial charge on any atom is -0.477 e. The van der Waals surface area contributed by atoms with Gasteiger partial charge in [0.25, 0.3) is 5.91 Å². The summed E-state index contributed by atoms with van der Waals surface area (Å²) in [6, 6.07) is 10.8. The maximum Gasteiger partial charge on any atom is 0.253 e. The number of hydrogen-bond acceptors (Lipinski definition) is 5. The largest absolute Gasteiger partial charge is 0.477 e. The van der Waals surface area contributed by atoms with E-state index >= 15 is 0 Å². The van der Waals surface area contributed by atoms with Crippen LogP contribution in [0.1, 0.15) is 15.9 Å². The Bertz CT molecular complexity index is 1260. The first kappa shape index (κ1) is 20.4. The van der Waals surface area contributed by atoms with Crippen molar-refractivity contribution in [2.75, 3.05) is 20.7 Å². The van der Waals surface area contributed by atoms with Crippen molar-refractivity contribution in [1.29, 1.82) is 0 Å². The predicted octanol–water partition coefficient (Wildman–Crippen LogP) is 3.39. The lowest BCUT2D eigenvalue weighted by Gasteiger charge is -2.12. The van der Waals surface area contributed by atoms with Gasteiger partial charge in [-0.3, -0.25) is 9.78 Å². The zero-order chi connectivity index (χ0) is 22.0. The molecule has 0 N–H and O–H groups in total. The zero-order valence-corrected chi connectivity index (χ0v) is 16.9. The molecule has 0 radical (unpaired) electrons. The van der Waals surface area contributed by atoms with Crippen LogP contribution < -0.4 is 4.74 Å². The molecule has 1 amide bonds. The quantitative estimate of drug-likeness (QED) is 0.475. The number of benzene rings is 2. The van der Waals surface area contributed by atoms with E-state index in [4.69, 9.17) is 4.74 Å². The van der Waals surface area contributed by atoms with E-state index in [0.29, 0.717) is 40.5 Å². The number of hydrogen-bond donors (Lipinski definition) is 0. The molecule has 2 heterocycles. The average Bonchev–Trinajstić information content (AvgIpc) is 3.21. The van der Waals surface area contributed by atoms with Crippen molar-refractivity contribution in [2.24, 2.45) is 0 Å². The van der Waals surface area contributed by atoms with Crippen LogP contribution >= 0.6 is 0 Å². The molecule has 0 saturated heterocycles. The van der Waals surface area contributed by atoms with Crippen LogP contribution in [-0.2, 0) is 6.42 Å². The maximum atomic E-state index is 13.4. The SMILES string of the molecule is CN(C)C(=O)c1cccc(-c2nnc3cncc(OCCc4ccc(F)c(F)c4)n23)c1. The average molecular weight is 423 g/mol. The highest BCUT2D eigenvalue weighted by atomic mass is 19.2. The molecule has 4 aromatic rings. The third-order valence-electron chi connectivity index (χ3n) is 4.68. The van der Waals surface area contributed by atoms with Crippen LogP contribution in [0.2, 0.25) is 0 Å². The Morgan fingerprint density at radius 1 is 1.06 bits per heavy atom. The molecule has 2 aromatic carbocycles. The first-order valence-electron chi connectivity index (χ1n) is 9.52. The van der Waals surface area contributed by atoms with E-state index in [1.807, 2.05) is 6.07 Å².